The van der Waals surface area contributed by atoms with Gasteiger partial charge in [0.2, 0.25) is 0 Å². The summed E-state index contributed by atoms with van der Waals surface area (Å²) in [5, 5.41) is 4.84. The zero-order valence-electron chi connectivity index (χ0n) is 12.8. The number of likely N-dealkylation sites (N-methyl/N-ethyl adjacent to an activating group) is 1. The van der Waals surface area contributed by atoms with Gasteiger partial charge < -0.3 is 15.0 Å². The minimum Gasteiger partial charge on any atom is -0.492 e. The monoisotopic (exact) mass is 330 g/mol. The van der Waals surface area contributed by atoms with Crippen molar-refractivity contribution in [1.29, 1.82) is 0 Å². The Kier molecular flexibility index (Phi) is 4.77. The molecule has 2 amide bonds. The molecule has 23 heavy (non-hydrogen) atoms. The molecule has 0 fully saturated rings. The number of ether oxygens (including phenoxy) is 1. The Morgan fingerprint density at radius 3 is 3.00 bits per heavy atom. The van der Waals surface area contributed by atoms with Gasteiger partial charge in [0, 0.05) is 24.8 Å². The zero-order valence-corrected chi connectivity index (χ0v) is 13.6. The molecule has 0 aliphatic rings. The van der Waals surface area contributed by atoms with Gasteiger partial charge in [-0.2, -0.15) is 0 Å². The molecule has 6 nitrogen and oxygen atoms in total. The van der Waals surface area contributed by atoms with Crippen molar-refractivity contribution < 1.29 is 9.53 Å². The first-order valence-electron chi connectivity index (χ1n) is 7.30. The lowest BCUT2D eigenvalue weighted by Gasteiger charge is -2.17. The summed E-state index contributed by atoms with van der Waals surface area (Å²) in [4.78, 5) is 19.0. The highest BCUT2D eigenvalue weighted by Crippen LogP contribution is 2.11. The van der Waals surface area contributed by atoms with Gasteiger partial charge in [-0.15, -0.1) is 11.3 Å². The third-order valence-corrected chi connectivity index (χ3v) is 4.12. The zero-order chi connectivity index (χ0) is 16.1. The Hall–Kier alpha value is -2.54. The van der Waals surface area contributed by atoms with Gasteiger partial charge in [0.15, 0.2) is 4.96 Å². The third kappa shape index (κ3) is 4.01. The van der Waals surface area contributed by atoms with Crippen molar-refractivity contribution in [3.05, 3.63) is 53.8 Å². The second-order valence-corrected chi connectivity index (χ2v) is 5.94. The molecule has 3 aromatic rings. The lowest BCUT2D eigenvalue weighted by Crippen LogP contribution is -2.39. The molecule has 0 saturated heterocycles. The molecular weight excluding hydrogens is 312 g/mol. The molecule has 1 N–H and O–H groups in total. The largest absolute Gasteiger partial charge is 0.492 e. The molecule has 0 aliphatic heterocycles. The van der Waals surface area contributed by atoms with Crippen LogP contribution in [0.3, 0.4) is 0 Å². The van der Waals surface area contributed by atoms with E-state index in [4.69, 9.17) is 4.74 Å². The molecular formula is C16H18N4O2S. The Labute approximate surface area is 138 Å². The van der Waals surface area contributed by atoms with Gasteiger partial charge in [-0.3, -0.25) is 4.40 Å². The van der Waals surface area contributed by atoms with Crippen molar-refractivity contribution in [1.82, 2.24) is 19.6 Å². The number of rotatable bonds is 6. The van der Waals surface area contributed by atoms with Crippen LogP contribution in [0, 0.1) is 0 Å². The van der Waals surface area contributed by atoms with E-state index in [0.29, 0.717) is 19.7 Å². The van der Waals surface area contributed by atoms with E-state index >= 15 is 0 Å². The van der Waals surface area contributed by atoms with Crippen LogP contribution in [-0.2, 0) is 6.54 Å². The molecule has 120 valence electrons. The van der Waals surface area contributed by atoms with Gasteiger partial charge in [0.1, 0.15) is 12.4 Å². The summed E-state index contributed by atoms with van der Waals surface area (Å²) in [6.07, 6.45) is 3.87. The van der Waals surface area contributed by atoms with E-state index in [0.717, 1.165) is 16.4 Å². The molecule has 3 rings (SSSR count). The van der Waals surface area contributed by atoms with Gasteiger partial charge in [0.25, 0.3) is 0 Å². The highest BCUT2D eigenvalue weighted by Gasteiger charge is 2.09. The van der Waals surface area contributed by atoms with E-state index in [-0.39, 0.29) is 6.03 Å². The average molecular weight is 330 g/mol. The summed E-state index contributed by atoms with van der Waals surface area (Å²) in [5.41, 5.74) is 0.846. The van der Waals surface area contributed by atoms with E-state index in [1.54, 1.807) is 23.3 Å². The summed E-state index contributed by atoms with van der Waals surface area (Å²) < 4.78 is 7.53. The molecule has 0 atom stereocenters. The Morgan fingerprint density at radius 1 is 1.39 bits per heavy atom. The minimum absolute atomic E-state index is 0.141. The van der Waals surface area contributed by atoms with Crippen LogP contribution in [0.1, 0.15) is 5.69 Å². The number of hydrogen-bond donors (Lipinski definition) is 1. The number of hydrogen-bond acceptors (Lipinski definition) is 4. The number of urea groups is 1. The molecule has 0 spiro atoms. The van der Waals surface area contributed by atoms with Crippen LogP contribution >= 0.6 is 11.3 Å². The van der Waals surface area contributed by atoms with Crippen molar-refractivity contribution in [2.45, 2.75) is 6.54 Å². The number of nitrogens with zero attached hydrogens (tertiary/aromatic N) is 3. The van der Waals surface area contributed by atoms with E-state index in [2.05, 4.69) is 10.3 Å². The number of imidazole rings is 1. The number of benzene rings is 1. The fourth-order valence-corrected chi connectivity index (χ4v) is 2.80. The highest BCUT2D eigenvalue weighted by molar-refractivity contribution is 7.15. The number of fused-ring (bicyclic) bond motifs is 1. The number of aromatic nitrogens is 2. The molecule has 0 aliphatic carbocycles. The summed E-state index contributed by atoms with van der Waals surface area (Å²) in [6.45, 7) is 1.38. The summed E-state index contributed by atoms with van der Waals surface area (Å²) >= 11 is 1.57. The van der Waals surface area contributed by atoms with Crippen LogP contribution in [0.15, 0.2) is 48.1 Å². The fourth-order valence-electron chi connectivity index (χ4n) is 2.08. The second kappa shape index (κ2) is 7.15. The van der Waals surface area contributed by atoms with Crippen LogP contribution < -0.4 is 10.1 Å². The van der Waals surface area contributed by atoms with Gasteiger partial charge in [-0.25, -0.2) is 9.78 Å². The normalized spacial score (nSPS) is 10.7. The van der Waals surface area contributed by atoms with Gasteiger partial charge >= 0.3 is 6.03 Å². The van der Waals surface area contributed by atoms with Gasteiger partial charge in [0.05, 0.1) is 18.8 Å². The summed E-state index contributed by atoms with van der Waals surface area (Å²) in [5.74, 6) is 0.805. The lowest BCUT2D eigenvalue weighted by molar-refractivity contribution is 0.195. The van der Waals surface area contributed by atoms with Crippen LogP contribution in [0.2, 0.25) is 0 Å². The van der Waals surface area contributed by atoms with E-state index in [1.165, 1.54) is 0 Å². The maximum atomic E-state index is 12.0. The minimum atomic E-state index is -0.141. The molecule has 0 radical (unpaired) electrons. The predicted octanol–water partition coefficient (Wildman–Crippen LogP) is 2.62. The van der Waals surface area contributed by atoms with Crippen molar-refractivity contribution in [3.8, 4) is 5.75 Å². The molecule has 2 heterocycles. The van der Waals surface area contributed by atoms with E-state index in [1.807, 2.05) is 52.5 Å². The smallest absolute Gasteiger partial charge is 0.317 e. The van der Waals surface area contributed by atoms with Crippen LogP contribution in [0.25, 0.3) is 4.96 Å². The molecule has 7 heteroatoms. The van der Waals surface area contributed by atoms with Crippen LogP contribution in [-0.4, -0.2) is 40.5 Å². The number of carbonyl (C=O) groups excluding carboxylic acids is 1. The number of para-hydroxylation sites is 1. The first-order valence-corrected chi connectivity index (χ1v) is 8.18. The van der Waals surface area contributed by atoms with Crippen LogP contribution in [0.4, 0.5) is 4.79 Å². The average Bonchev–Trinajstić information content (AvgIpc) is 3.15. The van der Waals surface area contributed by atoms with Crippen molar-refractivity contribution >= 4 is 22.3 Å². The standard InChI is InChI=1S/C16H18N4O2S/c1-19(7-9-22-14-5-3-2-4-6-14)15(21)17-11-13-12-20-8-10-23-16(20)18-13/h2-6,8,10,12H,7,9,11H2,1H3,(H,17,21). The summed E-state index contributed by atoms with van der Waals surface area (Å²) in [6, 6.07) is 9.42. The molecule has 0 bridgehead atoms. The predicted molar refractivity (Wildman–Crippen MR) is 89.9 cm³/mol. The maximum Gasteiger partial charge on any atom is 0.317 e. The van der Waals surface area contributed by atoms with E-state index < -0.39 is 0 Å². The molecule has 0 saturated carbocycles. The third-order valence-electron chi connectivity index (χ3n) is 3.35. The van der Waals surface area contributed by atoms with Gasteiger partial charge in [-0.05, 0) is 12.1 Å². The number of nitrogens with one attached hydrogen (secondary N) is 1. The highest BCUT2D eigenvalue weighted by atomic mass is 32.1. The summed E-state index contributed by atoms with van der Waals surface area (Å²) in [7, 11) is 1.75. The SMILES string of the molecule is CN(CCOc1ccccc1)C(=O)NCc1cn2ccsc2n1. The quantitative estimate of drug-likeness (QED) is 0.756. The number of carbonyl (C=O) groups is 1. The Balaban J connectivity index is 1.41. The van der Waals surface area contributed by atoms with Crippen molar-refractivity contribution in [2.75, 3.05) is 20.2 Å². The topological polar surface area (TPSA) is 58.9 Å². The van der Waals surface area contributed by atoms with E-state index in [9.17, 15) is 4.79 Å². The number of thiazole rings is 1. The number of amides is 2. The first-order chi connectivity index (χ1) is 11.2. The Morgan fingerprint density at radius 2 is 2.22 bits per heavy atom. The van der Waals surface area contributed by atoms with Crippen molar-refractivity contribution in [3.63, 3.8) is 0 Å². The molecule has 0 unspecified atom stereocenters. The first kappa shape index (κ1) is 15.4. The van der Waals surface area contributed by atoms with Crippen LogP contribution in [0.5, 0.6) is 5.75 Å². The maximum absolute atomic E-state index is 12.0. The lowest BCUT2D eigenvalue weighted by atomic mass is 10.3. The van der Waals surface area contributed by atoms with Crippen molar-refractivity contribution in [2.24, 2.45) is 0 Å². The second-order valence-electron chi connectivity index (χ2n) is 5.07. The molecule has 2 aromatic heterocycles. The Bertz CT molecular complexity index is 740. The fraction of sp³-hybridized carbons (Fsp3) is 0.250. The molecule has 1 aromatic carbocycles. The van der Waals surface area contributed by atoms with Gasteiger partial charge in [-0.1, -0.05) is 18.2 Å².